The summed E-state index contributed by atoms with van der Waals surface area (Å²) in [4.78, 5) is 12.7. The summed E-state index contributed by atoms with van der Waals surface area (Å²) in [5.41, 5.74) is 0. The molecule has 0 aromatic carbocycles. The number of carbonyl (C=O) groups is 1. The van der Waals surface area contributed by atoms with Gasteiger partial charge in [0.15, 0.2) is 0 Å². The summed E-state index contributed by atoms with van der Waals surface area (Å²) in [6.45, 7) is 5.76. The van der Waals surface area contributed by atoms with Gasteiger partial charge in [-0.3, -0.25) is 9.69 Å². The number of hydrogen-bond acceptors (Lipinski definition) is 4. The second-order valence-corrected chi connectivity index (χ2v) is 7.17. The van der Waals surface area contributed by atoms with Gasteiger partial charge in [-0.2, -0.15) is 17.0 Å². The van der Waals surface area contributed by atoms with Crippen LogP contribution in [0.15, 0.2) is 0 Å². The van der Waals surface area contributed by atoms with Crippen LogP contribution < -0.4 is 0 Å². The second-order valence-electron chi connectivity index (χ2n) is 5.13. The molecule has 0 bridgehead atoms. The second kappa shape index (κ2) is 7.35. The first-order valence-electron chi connectivity index (χ1n) is 6.99. The van der Waals surface area contributed by atoms with Crippen LogP contribution in [-0.2, 0) is 15.0 Å². The zero-order valence-electron chi connectivity index (χ0n) is 12.4. The zero-order valence-corrected chi connectivity index (χ0v) is 13.3. The summed E-state index contributed by atoms with van der Waals surface area (Å²) in [5, 5.41) is 8.96. The third kappa shape index (κ3) is 4.15. The van der Waals surface area contributed by atoms with Crippen molar-refractivity contribution in [2.45, 2.75) is 32.7 Å². The largest absolute Gasteiger partial charge is 0.480 e. The lowest BCUT2D eigenvalue weighted by Gasteiger charge is -2.37. The minimum Gasteiger partial charge on any atom is -0.480 e. The average Bonchev–Trinajstić information content (AvgIpc) is 2.43. The summed E-state index contributed by atoms with van der Waals surface area (Å²) in [6.07, 6.45) is 1.79. The molecule has 1 aliphatic rings. The first kappa shape index (κ1) is 17.4. The molecule has 20 heavy (non-hydrogen) atoms. The van der Waals surface area contributed by atoms with Crippen molar-refractivity contribution in [1.29, 1.82) is 0 Å². The van der Waals surface area contributed by atoms with Gasteiger partial charge in [0.25, 0.3) is 10.2 Å². The van der Waals surface area contributed by atoms with E-state index in [-0.39, 0.29) is 0 Å². The first-order chi connectivity index (χ1) is 9.30. The van der Waals surface area contributed by atoms with Crippen LogP contribution in [0.5, 0.6) is 0 Å². The maximum absolute atomic E-state index is 12.3. The molecule has 1 fully saturated rings. The highest BCUT2D eigenvalue weighted by molar-refractivity contribution is 7.86. The summed E-state index contributed by atoms with van der Waals surface area (Å²) < 4.78 is 27.5. The van der Waals surface area contributed by atoms with Crippen molar-refractivity contribution in [3.8, 4) is 0 Å². The van der Waals surface area contributed by atoms with Gasteiger partial charge in [-0.25, -0.2) is 0 Å². The normalized spacial score (nSPS) is 20.2. The molecule has 0 aliphatic carbocycles. The van der Waals surface area contributed by atoms with E-state index >= 15 is 0 Å². The maximum Gasteiger partial charge on any atom is 0.320 e. The van der Waals surface area contributed by atoms with Crippen molar-refractivity contribution < 1.29 is 18.3 Å². The molecule has 8 heteroatoms. The molecule has 1 N–H and O–H groups in total. The highest BCUT2D eigenvalue weighted by Crippen LogP contribution is 2.13. The van der Waals surface area contributed by atoms with E-state index < -0.39 is 22.2 Å². The zero-order chi connectivity index (χ0) is 15.3. The molecule has 0 saturated carbocycles. The molecule has 1 atom stereocenters. The molecule has 1 saturated heterocycles. The van der Waals surface area contributed by atoms with Crippen molar-refractivity contribution in [3.63, 3.8) is 0 Å². The number of piperazine rings is 1. The van der Waals surface area contributed by atoms with E-state index in [1.54, 1.807) is 18.9 Å². The predicted molar refractivity (Wildman–Crippen MR) is 76.7 cm³/mol. The van der Waals surface area contributed by atoms with Gasteiger partial charge in [-0.05, 0) is 13.3 Å². The van der Waals surface area contributed by atoms with Crippen LogP contribution in [0.2, 0.25) is 0 Å². The predicted octanol–water partition coefficient (Wildman–Crippen LogP) is 0.0538. The Morgan fingerprint density at radius 3 is 2.30 bits per heavy atom. The van der Waals surface area contributed by atoms with Gasteiger partial charge in [0.2, 0.25) is 0 Å². The van der Waals surface area contributed by atoms with Gasteiger partial charge in [0, 0.05) is 39.8 Å². The molecule has 1 unspecified atom stereocenters. The van der Waals surface area contributed by atoms with Crippen molar-refractivity contribution in [1.82, 2.24) is 13.5 Å². The standard InChI is InChI=1S/C12H25N3O4S/c1-4-5-6-13(3)20(18,19)15-9-7-14(8-10-15)11(2)12(16)17/h11H,4-10H2,1-3H3,(H,16,17). The van der Waals surface area contributed by atoms with Crippen LogP contribution in [0.25, 0.3) is 0 Å². The fourth-order valence-corrected chi connectivity index (χ4v) is 3.55. The lowest BCUT2D eigenvalue weighted by Crippen LogP contribution is -2.55. The molecule has 1 aliphatic heterocycles. The Bertz CT molecular complexity index is 418. The minimum atomic E-state index is -3.41. The average molecular weight is 307 g/mol. The quantitative estimate of drug-likeness (QED) is 0.719. The van der Waals surface area contributed by atoms with Crippen LogP contribution in [-0.4, -0.2) is 78.8 Å². The molecular weight excluding hydrogens is 282 g/mol. The van der Waals surface area contributed by atoms with Crippen LogP contribution in [0.1, 0.15) is 26.7 Å². The fourth-order valence-electron chi connectivity index (χ4n) is 2.17. The molecule has 1 heterocycles. The van der Waals surface area contributed by atoms with Crippen LogP contribution >= 0.6 is 0 Å². The minimum absolute atomic E-state index is 0.344. The lowest BCUT2D eigenvalue weighted by molar-refractivity contribution is -0.143. The molecule has 0 amide bonds. The van der Waals surface area contributed by atoms with Gasteiger partial charge in [0.05, 0.1) is 0 Å². The van der Waals surface area contributed by atoms with E-state index in [0.717, 1.165) is 12.8 Å². The SMILES string of the molecule is CCCCN(C)S(=O)(=O)N1CCN(C(C)C(=O)O)CC1. The lowest BCUT2D eigenvalue weighted by atomic mass is 10.2. The Kier molecular flexibility index (Phi) is 6.38. The van der Waals surface area contributed by atoms with Crippen molar-refractivity contribution in [2.24, 2.45) is 0 Å². The highest BCUT2D eigenvalue weighted by atomic mass is 32.2. The van der Waals surface area contributed by atoms with E-state index in [2.05, 4.69) is 0 Å². The van der Waals surface area contributed by atoms with E-state index in [0.29, 0.717) is 32.7 Å². The Morgan fingerprint density at radius 2 is 1.85 bits per heavy atom. The molecule has 0 radical (unpaired) electrons. The molecular formula is C12H25N3O4S. The van der Waals surface area contributed by atoms with Crippen LogP contribution in [0, 0.1) is 0 Å². The summed E-state index contributed by atoms with van der Waals surface area (Å²) in [5.74, 6) is -0.874. The van der Waals surface area contributed by atoms with E-state index in [1.807, 2.05) is 6.92 Å². The molecule has 0 aromatic rings. The van der Waals surface area contributed by atoms with E-state index in [1.165, 1.54) is 8.61 Å². The van der Waals surface area contributed by atoms with Gasteiger partial charge in [0.1, 0.15) is 6.04 Å². The van der Waals surface area contributed by atoms with Gasteiger partial charge in [-0.1, -0.05) is 13.3 Å². The summed E-state index contributed by atoms with van der Waals surface area (Å²) in [7, 11) is -1.82. The van der Waals surface area contributed by atoms with E-state index in [9.17, 15) is 13.2 Å². The van der Waals surface area contributed by atoms with E-state index in [4.69, 9.17) is 5.11 Å². The van der Waals surface area contributed by atoms with Crippen molar-refractivity contribution in [3.05, 3.63) is 0 Å². The summed E-state index contributed by atoms with van der Waals surface area (Å²) >= 11 is 0. The number of carboxylic acid groups (broad SMARTS) is 1. The number of rotatable bonds is 7. The third-order valence-electron chi connectivity index (χ3n) is 3.73. The number of aliphatic carboxylic acids is 1. The Balaban J connectivity index is 2.58. The number of nitrogens with zero attached hydrogens (tertiary/aromatic N) is 3. The molecule has 118 valence electrons. The fraction of sp³-hybridized carbons (Fsp3) is 0.917. The van der Waals surface area contributed by atoms with Gasteiger partial charge >= 0.3 is 5.97 Å². The number of unbranched alkanes of at least 4 members (excludes halogenated alkanes) is 1. The van der Waals surface area contributed by atoms with Gasteiger partial charge in [-0.15, -0.1) is 0 Å². The smallest absolute Gasteiger partial charge is 0.320 e. The van der Waals surface area contributed by atoms with Crippen molar-refractivity contribution in [2.75, 3.05) is 39.8 Å². The maximum atomic E-state index is 12.3. The Labute approximate surface area is 121 Å². The van der Waals surface area contributed by atoms with Crippen molar-refractivity contribution >= 4 is 16.2 Å². The molecule has 1 rings (SSSR count). The number of carboxylic acids is 1. The van der Waals surface area contributed by atoms with Crippen LogP contribution in [0.4, 0.5) is 0 Å². The van der Waals surface area contributed by atoms with Crippen LogP contribution in [0.3, 0.4) is 0 Å². The summed E-state index contributed by atoms with van der Waals surface area (Å²) in [6, 6.07) is -0.572. The number of hydrogen-bond donors (Lipinski definition) is 1. The topological polar surface area (TPSA) is 81.2 Å². The van der Waals surface area contributed by atoms with Gasteiger partial charge < -0.3 is 5.11 Å². The molecule has 0 aromatic heterocycles. The monoisotopic (exact) mass is 307 g/mol. The first-order valence-corrected chi connectivity index (χ1v) is 8.38. The highest BCUT2D eigenvalue weighted by Gasteiger charge is 2.32. The molecule has 0 spiro atoms. The molecule has 7 nitrogen and oxygen atoms in total. The Hall–Kier alpha value is -0.700. The third-order valence-corrected chi connectivity index (χ3v) is 5.71. The Morgan fingerprint density at radius 1 is 1.30 bits per heavy atom.